The molecule has 0 amide bonds. The third kappa shape index (κ3) is 3.52. The summed E-state index contributed by atoms with van der Waals surface area (Å²) in [7, 11) is 0. The molecule has 2 nitrogen and oxygen atoms in total. The van der Waals surface area contributed by atoms with Gasteiger partial charge in [0.15, 0.2) is 0 Å². The molecule has 3 aliphatic rings. The Morgan fingerprint density at radius 2 is 1.79 bits per heavy atom. The van der Waals surface area contributed by atoms with Crippen molar-refractivity contribution in [2.24, 2.45) is 17.3 Å². The molecule has 2 heteroatoms. The van der Waals surface area contributed by atoms with Gasteiger partial charge in [0, 0.05) is 32.2 Å². The second-order valence-electron chi connectivity index (χ2n) is 7.86. The molecule has 0 spiro atoms. The first-order valence-corrected chi connectivity index (χ1v) is 8.64. The molecule has 3 rings (SSSR count). The Morgan fingerprint density at radius 3 is 2.37 bits per heavy atom. The lowest BCUT2D eigenvalue weighted by molar-refractivity contribution is 0.164. The van der Waals surface area contributed by atoms with Crippen LogP contribution >= 0.6 is 0 Å². The summed E-state index contributed by atoms with van der Waals surface area (Å²) in [5.74, 6) is 2.09. The Labute approximate surface area is 119 Å². The fraction of sp³-hybridized carbons (Fsp3) is 1.00. The Kier molecular flexibility index (Phi) is 4.19. The van der Waals surface area contributed by atoms with Crippen LogP contribution in [0, 0.1) is 17.3 Å². The van der Waals surface area contributed by atoms with Gasteiger partial charge in [0.2, 0.25) is 0 Å². The van der Waals surface area contributed by atoms with E-state index in [0.29, 0.717) is 5.41 Å². The summed E-state index contributed by atoms with van der Waals surface area (Å²) in [5.41, 5.74) is 0.496. The van der Waals surface area contributed by atoms with Crippen LogP contribution in [0.1, 0.15) is 58.8 Å². The van der Waals surface area contributed by atoms with Crippen molar-refractivity contribution in [3.05, 3.63) is 0 Å². The lowest BCUT2D eigenvalue weighted by Gasteiger charge is -2.34. The molecule has 3 atom stereocenters. The van der Waals surface area contributed by atoms with Crippen molar-refractivity contribution in [2.75, 3.05) is 26.2 Å². The summed E-state index contributed by atoms with van der Waals surface area (Å²) in [5, 5.41) is 3.78. The van der Waals surface area contributed by atoms with E-state index in [9.17, 15) is 0 Å². The van der Waals surface area contributed by atoms with Crippen LogP contribution in [0.25, 0.3) is 0 Å². The number of likely N-dealkylation sites (tertiary alicyclic amines) is 1. The van der Waals surface area contributed by atoms with Gasteiger partial charge in [-0.05, 0) is 49.4 Å². The van der Waals surface area contributed by atoms with Crippen molar-refractivity contribution < 1.29 is 0 Å². The van der Waals surface area contributed by atoms with Crippen LogP contribution in [0.3, 0.4) is 0 Å². The highest BCUT2D eigenvalue weighted by molar-refractivity contribution is 4.92. The van der Waals surface area contributed by atoms with Crippen molar-refractivity contribution in [1.82, 2.24) is 10.2 Å². The smallest absolute Gasteiger partial charge is 0.00684 e. The van der Waals surface area contributed by atoms with Crippen molar-refractivity contribution >= 4 is 0 Å². The van der Waals surface area contributed by atoms with Gasteiger partial charge >= 0.3 is 0 Å². The van der Waals surface area contributed by atoms with Crippen LogP contribution in [-0.4, -0.2) is 37.1 Å². The van der Waals surface area contributed by atoms with Crippen LogP contribution in [0.2, 0.25) is 0 Å². The summed E-state index contributed by atoms with van der Waals surface area (Å²) in [6, 6.07) is 0.856. The predicted octanol–water partition coefficient (Wildman–Crippen LogP) is 3.28. The molecule has 0 aromatic rings. The molecule has 1 aliphatic heterocycles. The second-order valence-corrected chi connectivity index (χ2v) is 7.86. The zero-order chi connectivity index (χ0) is 13.3. The number of nitrogens with one attached hydrogen (secondary N) is 1. The van der Waals surface area contributed by atoms with Crippen molar-refractivity contribution in [3.63, 3.8) is 0 Å². The summed E-state index contributed by atoms with van der Waals surface area (Å²) >= 11 is 0. The quantitative estimate of drug-likeness (QED) is 0.759. The Balaban J connectivity index is 1.51. The van der Waals surface area contributed by atoms with Crippen LogP contribution < -0.4 is 5.32 Å². The first-order valence-electron chi connectivity index (χ1n) is 8.64. The summed E-state index contributed by atoms with van der Waals surface area (Å²) in [6.07, 6.45) is 10.0. The van der Waals surface area contributed by atoms with Gasteiger partial charge in [-0.15, -0.1) is 0 Å². The summed E-state index contributed by atoms with van der Waals surface area (Å²) in [6.45, 7) is 10.2. The van der Waals surface area contributed by atoms with Gasteiger partial charge < -0.3 is 10.2 Å². The SMILES string of the molecule is CCCC(C)(CNC1CC1)CN1CC2CCCC2C1. The van der Waals surface area contributed by atoms with Gasteiger partial charge in [-0.1, -0.05) is 26.7 Å². The zero-order valence-electron chi connectivity index (χ0n) is 13.0. The normalized spacial score (nSPS) is 34.4. The largest absolute Gasteiger partial charge is 0.313 e. The molecule has 0 aromatic heterocycles. The molecule has 1 saturated heterocycles. The molecule has 110 valence electrons. The van der Waals surface area contributed by atoms with E-state index in [2.05, 4.69) is 24.1 Å². The van der Waals surface area contributed by atoms with Crippen LogP contribution in [-0.2, 0) is 0 Å². The molecule has 2 saturated carbocycles. The van der Waals surface area contributed by atoms with Crippen LogP contribution in [0.5, 0.6) is 0 Å². The van der Waals surface area contributed by atoms with E-state index in [1.165, 1.54) is 71.1 Å². The Morgan fingerprint density at radius 1 is 1.11 bits per heavy atom. The van der Waals surface area contributed by atoms with Gasteiger partial charge in [0.25, 0.3) is 0 Å². The Hall–Kier alpha value is -0.0800. The monoisotopic (exact) mass is 264 g/mol. The van der Waals surface area contributed by atoms with E-state index < -0.39 is 0 Å². The molecule has 1 heterocycles. The molecular weight excluding hydrogens is 232 g/mol. The molecule has 2 aliphatic carbocycles. The van der Waals surface area contributed by atoms with E-state index in [1.807, 2.05) is 0 Å². The van der Waals surface area contributed by atoms with Crippen molar-refractivity contribution in [1.29, 1.82) is 0 Å². The third-order valence-electron chi connectivity index (χ3n) is 5.66. The van der Waals surface area contributed by atoms with E-state index in [0.717, 1.165) is 17.9 Å². The maximum Gasteiger partial charge on any atom is 0.00684 e. The highest BCUT2D eigenvalue weighted by Gasteiger charge is 2.38. The molecule has 3 unspecified atom stereocenters. The molecule has 0 bridgehead atoms. The third-order valence-corrected chi connectivity index (χ3v) is 5.66. The lowest BCUT2D eigenvalue weighted by Crippen LogP contribution is -2.42. The molecule has 0 radical (unpaired) electrons. The van der Waals surface area contributed by atoms with Crippen molar-refractivity contribution in [3.8, 4) is 0 Å². The fourth-order valence-corrected chi connectivity index (χ4v) is 4.51. The maximum atomic E-state index is 3.78. The number of nitrogens with zero attached hydrogens (tertiary/aromatic N) is 1. The average Bonchev–Trinajstić information content (AvgIpc) is 2.97. The number of fused-ring (bicyclic) bond motifs is 1. The zero-order valence-corrected chi connectivity index (χ0v) is 13.0. The minimum atomic E-state index is 0.496. The standard InChI is InChI=1S/C17H32N2/c1-3-9-17(2,12-18-16-7-8-16)13-19-10-14-5-4-6-15(14)11-19/h14-16,18H,3-13H2,1-2H3. The minimum absolute atomic E-state index is 0.496. The highest BCUT2D eigenvalue weighted by atomic mass is 15.2. The highest BCUT2D eigenvalue weighted by Crippen LogP contribution is 2.39. The first kappa shape index (κ1) is 13.9. The van der Waals surface area contributed by atoms with Crippen LogP contribution in [0.15, 0.2) is 0 Å². The maximum absolute atomic E-state index is 3.78. The molecule has 3 fully saturated rings. The summed E-state index contributed by atoms with van der Waals surface area (Å²) < 4.78 is 0. The van der Waals surface area contributed by atoms with E-state index in [1.54, 1.807) is 0 Å². The van der Waals surface area contributed by atoms with E-state index >= 15 is 0 Å². The van der Waals surface area contributed by atoms with Gasteiger partial charge in [-0.3, -0.25) is 0 Å². The second kappa shape index (κ2) is 5.73. The minimum Gasteiger partial charge on any atom is -0.313 e. The topological polar surface area (TPSA) is 15.3 Å². The number of hydrogen-bond acceptors (Lipinski definition) is 2. The van der Waals surface area contributed by atoms with E-state index in [4.69, 9.17) is 0 Å². The van der Waals surface area contributed by atoms with Gasteiger partial charge in [-0.25, -0.2) is 0 Å². The molecule has 0 aromatic carbocycles. The van der Waals surface area contributed by atoms with Gasteiger partial charge in [-0.2, -0.15) is 0 Å². The van der Waals surface area contributed by atoms with Gasteiger partial charge in [0.1, 0.15) is 0 Å². The van der Waals surface area contributed by atoms with Crippen LogP contribution in [0.4, 0.5) is 0 Å². The summed E-state index contributed by atoms with van der Waals surface area (Å²) in [4.78, 5) is 2.79. The molecule has 19 heavy (non-hydrogen) atoms. The lowest BCUT2D eigenvalue weighted by atomic mass is 9.84. The number of hydrogen-bond donors (Lipinski definition) is 1. The molecular formula is C17H32N2. The first-order chi connectivity index (χ1) is 9.18. The number of rotatable bonds is 7. The Bertz CT molecular complexity index is 288. The van der Waals surface area contributed by atoms with E-state index in [-0.39, 0.29) is 0 Å². The van der Waals surface area contributed by atoms with Crippen molar-refractivity contribution in [2.45, 2.75) is 64.8 Å². The van der Waals surface area contributed by atoms with Gasteiger partial charge in [0.05, 0.1) is 0 Å². The fourth-order valence-electron chi connectivity index (χ4n) is 4.51. The predicted molar refractivity (Wildman–Crippen MR) is 81.3 cm³/mol. The molecule has 1 N–H and O–H groups in total. The average molecular weight is 264 g/mol.